The van der Waals surface area contributed by atoms with Crippen LogP contribution in [0.25, 0.3) is 0 Å². The molecule has 0 spiro atoms. The molecule has 1 fully saturated rings. The van der Waals surface area contributed by atoms with Crippen molar-refractivity contribution in [3.05, 3.63) is 35.4 Å². The van der Waals surface area contributed by atoms with Gasteiger partial charge in [0.15, 0.2) is 0 Å². The van der Waals surface area contributed by atoms with Crippen LogP contribution in [0.15, 0.2) is 24.3 Å². The number of piperidine rings is 1. The number of hydrogen-bond acceptors (Lipinski definition) is 2. The zero-order valence-corrected chi connectivity index (χ0v) is 14.1. The second kappa shape index (κ2) is 7.02. The molecule has 0 bridgehead atoms. The summed E-state index contributed by atoms with van der Waals surface area (Å²) in [6.45, 7) is 3.76. The van der Waals surface area contributed by atoms with E-state index in [0.717, 1.165) is 23.7 Å². The van der Waals surface area contributed by atoms with Gasteiger partial charge in [0.25, 0.3) is 10.2 Å². The van der Waals surface area contributed by atoms with Gasteiger partial charge in [-0.15, -0.1) is 0 Å². The average Bonchev–Trinajstić information content (AvgIpc) is 2.46. The largest absolute Gasteiger partial charge is 0.279 e. The van der Waals surface area contributed by atoms with Gasteiger partial charge in [0, 0.05) is 25.0 Å². The van der Waals surface area contributed by atoms with Gasteiger partial charge < -0.3 is 0 Å². The molecule has 0 aliphatic carbocycles. The molecule has 6 heteroatoms. The van der Waals surface area contributed by atoms with Crippen LogP contribution < -0.4 is 4.72 Å². The predicted molar refractivity (Wildman–Crippen MR) is 84.8 cm³/mol. The first-order valence-electron chi connectivity index (χ1n) is 6.90. The van der Waals surface area contributed by atoms with E-state index in [1.165, 1.54) is 5.56 Å². The fraction of sp³-hybridized carbons (Fsp3) is 0.571. The van der Waals surface area contributed by atoms with Crippen LogP contribution in [-0.4, -0.2) is 25.8 Å². The standard InChI is InChI=1S/C14H21BrN2O2S/c1-12-6-8-17(9-7-12)20(18,19)16-11-14-4-2-13(10-15)3-5-14/h2-5,12,16H,6-11H2,1H3. The number of nitrogens with one attached hydrogen (secondary N) is 1. The van der Waals surface area contributed by atoms with Gasteiger partial charge in [-0.25, -0.2) is 0 Å². The van der Waals surface area contributed by atoms with Crippen molar-refractivity contribution in [2.45, 2.75) is 31.6 Å². The molecule has 1 aliphatic heterocycles. The van der Waals surface area contributed by atoms with Crippen LogP contribution in [0.2, 0.25) is 0 Å². The summed E-state index contributed by atoms with van der Waals surface area (Å²) in [6.07, 6.45) is 1.89. The summed E-state index contributed by atoms with van der Waals surface area (Å²) in [5.74, 6) is 0.623. The molecule has 0 saturated carbocycles. The summed E-state index contributed by atoms with van der Waals surface area (Å²) in [7, 11) is -3.35. The van der Waals surface area contributed by atoms with Crippen molar-refractivity contribution in [3.63, 3.8) is 0 Å². The summed E-state index contributed by atoms with van der Waals surface area (Å²) in [5.41, 5.74) is 2.16. The highest BCUT2D eigenvalue weighted by molar-refractivity contribution is 9.08. The predicted octanol–water partition coefficient (Wildman–Crippen LogP) is 2.65. The fourth-order valence-electron chi connectivity index (χ4n) is 2.24. The third-order valence-electron chi connectivity index (χ3n) is 3.72. The number of halogens is 1. The lowest BCUT2D eigenvalue weighted by molar-refractivity contribution is 0.285. The first-order chi connectivity index (χ1) is 9.51. The summed E-state index contributed by atoms with van der Waals surface area (Å²) in [6, 6.07) is 7.91. The maximum atomic E-state index is 12.2. The molecule has 1 aromatic carbocycles. The van der Waals surface area contributed by atoms with Crippen LogP contribution in [0.3, 0.4) is 0 Å². The quantitative estimate of drug-likeness (QED) is 0.820. The topological polar surface area (TPSA) is 49.4 Å². The van der Waals surface area contributed by atoms with E-state index < -0.39 is 10.2 Å². The summed E-state index contributed by atoms with van der Waals surface area (Å²) in [5, 5.41) is 0.810. The maximum absolute atomic E-state index is 12.2. The monoisotopic (exact) mass is 360 g/mol. The maximum Gasteiger partial charge on any atom is 0.279 e. The van der Waals surface area contributed by atoms with Gasteiger partial charge in [0.1, 0.15) is 0 Å². The van der Waals surface area contributed by atoms with Crippen molar-refractivity contribution in [3.8, 4) is 0 Å². The highest BCUT2D eigenvalue weighted by Crippen LogP contribution is 2.18. The zero-order valence-electron chi connectivity index (χ0n) is 11.7. The Hall–Kier alpha value is -0.430. The Morgan fingerprint density at radius 1 is 1.20 bits per heavy atom. The summed E-state index contributed by atoms with van der Waals surface area (Å²) >= 11 is 3.39. The van der Waals surface area contributed by atoms with Crippen molar-refractivity contribution in [1.82, 2.24) is 9.03 Å². The van der Waals surface area contributed by atoms with Crippen molar-refractivity contribution in [2.24, 2.45) is 5.92 Å². The van der Waals surface area contributed by atoms with Gasteiger partial charge in [-0.2, -0.15) is 17.4 Å². The van der Waals surface area contributed by atoms with Gasteiger partial charge in [-0.05, 0) is 29.9 Å². The van der Waals surface area contributed by atoms with Crippen LogP contribution in [0, 0.1) is 5.92 Å². The van der Waals surface area contributed by atoms with E-state index >= 15 is 0 Å². The minimum Gasteiger partial charge on any atom is -0.198 e. The summed E-state index contributed by atoms with van der Waals surface area (Å²) < 4.78 is 28.6. The van der Waals surface area contributed by atoms with Gasteiger partial charge in [-0.3, -0.25) is 0 Å². The highest BCUT2D eigenvalue weighted by Gasteiger charge is 2.25. The van der Waals surface area contributed by atoms with E-state index in [-0.39, 0.29) is 0 Å². The van der Waals surface area contributed by atoms with Crippen LogP contribution in [-0.2, 0) is 22.1 Å². The molecule has 1 aliphatic rings. The van der Waals surface area contributed by atoms with E-state index in [1.54, 1.807) is 4.31 Å². The van der Waals surface area contributed by atoms with Gasteiger partial charge in [0.2, 0.25) is 0 Å². The van der Waals surface area contributed by atoms with E-state index in [0.29, 0.717) is 25.6 Å². The molecule has 0 amide bonds. The Morgan fingerprint density at radius 2 is 1.75 bits per heavy atom. The lowest BCUT2D eigenvalue weighted by Gasteiger charge is -2.29. The Bertz CT molecular complexity index is 523. The van der Waals surface area contributed by atoms with E-state index in [9.17, 15) is 8.42 Å². The molecule has 2 rings (SSSR count). The van der Waals surface area contributed by atoms with E-state index in [2.05, 4.69) is 27.6 Å². The van der Waals surface area contributed by atoms with E-state index in [4.69, 9.17) is 0 Å². The SMILES string of the molecule is CC1CCN(S(=O)(=O)NCc2ccc(CBr)cc2)CC1. The molecule has 20 heavy (non-hydrogen) atoms. The van der Waals surface area contributed by atoms with Crippen molar-refractivity contribution < 1.29 is 8.42 Å². The third-order valence-corrected chi connectivity index (χ3v) is 5.92. The minimum absolute atomic E-state index is 0.344. The van der Waals surface area contributed by atoms with Crippen LogP contribution in [0.1, 0.15) is 30.9 Å². The number of nitrogens with zero attached hydrogens (tertiary/aromatic N) is 1. The number of benzene rings is 1. The lowest BCUT2D eigenvalue weighted by atomic mass is 10.0. The van der Waals surface area contributed by atoms with Crippen molar-refractivity contribution in [1.29, 1.82) is 0 Å². The highest BCUT2D eigenvalue weighted by atomic mass is 79.9. The zero-order chi connectivity index (χ0) is 14.6. The molecule has 1 saturated heterocycles. The first-order valence-corrected chi connectivity index (χ1v) is 9.46. The average molecular weight is 361 g/mol. The number of alkyl halides is 1. The lowest BCUT2D eigenvalue weighted by Crippen LogP contribution is -2.44. The molecule has 4 nitrogen and oxygen atoms in total. The Kier molecular flexibility index (Phi) is 5.60. The smallest absolute Gasteiger partial charge is 0.198 e. The Balaban J connectivity index is 1.91. The Morgan fingerprint density at radius 3 is 2.30 bits per heavy atom. The molecule has 1 aromatic rings. The molecule has 0 atom stereocenters. The third kappa shape index (κ3) is 4.28. The summed E-state index contributed by atoms with van der Waals surface area (Å²) in [4.78, 5) is 0. The molecule has 112 valence electrons. The van der Waals surface area contributed by atoms with Gasteiger partial charge in [0.05, 0.1) is 0 Å². The normalized spacial score (nSPS) is 18.3. The van der Waals surface area contributed by atoms with Crippen LogP contribution in [0.5, 0.6) is 0 Å². The van der Waals surface area contributed by atoms with E-state index in [1.807, 2.05) is 24.3 Å². The Labute approximate surface area is 129 Å². The molecule has 0 radical (unpaired) electrons. The second-order valence-electron chi connectivity index (χ2n) is 5.36. The van der Waals surface area contributed by atoms with Gasteiger partial charge in [-0.1, -0.05) is 47.1 Å². The second-order valence-corrected chi connectivity index (χ2v) is 7.67. The minimum atomic E-state index is -3.35. The number of rotatable bonds is 5. The van der Waals surface area contributed by atoms with Crippen molar-refractivity contribution in [2.75, 3.05) is 13.1 Å². The van der Waals surface area contributed by atoms with Gasteiger partial charge >= 0.3 is 0 Å². The molecule has 1 heterocycles. The molecule has 1 N–H and O–H groups in total. The van der Waals surface area contributed by atoms with Crippen molar-refractivity contribution >= 4 is 26.1 Å². The number of hydrogen-bond donors (Lipinski definition) is 1. The van der Waals surface area contributed by atoms with Crippen LogP contribution >= 0.6 is 15.9 Å². The van der Waals surface area contributed by atoms with Crippen LogP contribution in [0.4, 0.5) is 0 Å². The molecule has 0 unspecified atom stereocenters. The molecular weight excluding hydrogens is 340 g/mol. The molecular formula is C14H21BrN2O2S. The molecule has 0 aromatic heterocycles. The first kappa shape index (κ1) is 15.9. The fourth-order valence-corrected chi connectivity index (χ4v) is 3.83.